The summed E-state index contributed by atoms with van der Waals surface area (Å²) < 4.78 is 23.3. The van der Waals surface area contributed by atoms with E-state index >= 15 is 0 Å². The van der Waals surface area contributed by atoms with Crippen LogP contribution in [0.3, 0.4) is 0 Å². The highest BCUT2D eigenvalue weighted by Crippen LogP contribution is 2.29. The average Bonchev–Trinajstić information content (AvgIpc) is 2.59. The molecule has 3 aromatic rings. The lowest BCUT2D eigenvalue weighted by molar-refractivity contribution is 0.535. The summed E-state index contributed by atoms with van der Waals surface area (Å²) in [6.45, 7) is 0. The largest absolute Gasteiger partial charge is 0.772 e. The standard InChI is InChI=1S/C16H15N5O3S/c1-21-13(22)8-7-11(20-21)15-14(10-5-3-2-4-6-10)19-16(17)12(18-15)9-25(23)24/h2-8H,9H2,1H3,(H2,17,19)(H,23,24)/p-1. The number of anilines is 1. The van der Waals surface area contributed by atoms with Gasteiger partial charge in [0.2, 0.25) is 0 Å². The van der Waals surface area contributed by atoms with E-state index in [4.69, 9.17) is 5.73 Å². The number of nitrogen functional groups attached to an aromatic ring is 1. The van der Waals surface area contributed by atoms with Crippen molar-refractivity contribution in [2.45, 2.75) is 5.75 Å². The number of nitrogens with zero attached hydrogens (tertiary/aromatic N) is 4. The van der Waals surface area contributed by atoms with E-state index in [2.05, 4.69) is 15.1 Å². The number of benzene rings is 1. The van der Waals surface area contributed by atoms with E-state index in [1.165, 1.54) is 23.9 Å². The predicted molar refractivity (Wildman–Crippen MR) is 93.0 cm³/mol. The van der Waals surface area contributed by atoms with Gasteiger partial charge in [0.1, 0.15) is 22.9 Å². The molecule has 2 heterocycles. The Balaban J connectivity index is 2.26. The molecule has 0 fully saturated rings. The van der Waals surface area contributed by atoms with Crippen molar-refractivity contribution in [2.24, 2.45) is 7.05 Å². The molecule has 0 radical (unpaired) electrons. The zero-order valence-electron chi connectivity index (χ0n) is 13.2. The maximum absolute atomic E-state index is 11.6. The molecule has 0 aliphatic rings. The molecular weight excluding hydrogens is 342 g/mol. The third-order valence-corrected chi connectivity index (χ3v) is 4.01. The van der Waals surface area contributed by atoms with Gasteiger partial charge in [-0.15, -0.1) is 0 Å². The molecule has 2 N–H and O–H groups in total. The topological polar surface area (TPSA) is 127 Å². The zero-order chi connectivity index (χ0) is 18.0. The van der Waals surface area contributed by atoms with Crippen LogP contribution in [-0.4, -0.2) is 28.5 Å². The van der Waals surface area contributed by atoms with E-state index in [0.717, 1.165) is 5.56 Å². The van der Waals surface area contributed by atoms with Crippen LogP contribution in [0, 0.1) is 0 Å². The predicted octanol–water partition coefficient (Wildman–Crippen LogP) is 0.866. The van der Waals surface area contributed by atoms with Crippen molar-refractivity contribution in [1.82, 2.24) is 19.7 Å². The molecule has 0 saturated carbocycles. The molecule has 0 aliphatic carbocycles. The van der Waals surface area contributed by atoms with Gasteiger partial charge in [-0.2, -0.15) is 5.10 Å². The lowest BCUT2D eigenvalue weighted by atomic mass is 10.1. The van der Waals surface area contributed by atoms with E-state index in [9.17, 15) is 13.6 Å². The van der Waals surface area contributed by atoms with E-state index in [1.807, 2.05) is 30.3 Å². The van der Waals surface area contributed by atoms with Gasteiger partial charge in [-0.05, 0) is 17.1 Å². The van der Waals surface area contributed by atoms with Crippen molar-refractivity contribution in [2.75, 3.05) is 5.73 Å². The zero-order valence-corrected chi connectivity index (χ0v) is 14.1. The van der Waals surface area contributed by atoms with Crippen LogP contribution in [0.1, 0.15) is 5.69 Å². The summed E-state index contributed by atoms with van der Waals surface area (Å²) in [5, 5.41) is 4.19. The molecule has 1 aromatic carbocycles. The molecule has 2 aromatic heterocycles. The van der Waals surface area contributed by atoms with Gasteiger partial charge >= 0.3 is 0 Å². The second-order valence-electron chi connectivity index (χ2n) is 5.25. The van der Waals surface area contributed by atoms with Gasteiger partial charge < -0.3 is 10.3 Å². The van der Waals surface area contributed by atoms with Crippen molar-refractivity contribution < 1.29 is 8.76 Å². The molecule has 1 unspecified atom stereocenters. The van der Waals surface area contributed by atoms with Crippen molar-refractivity contribution in [3.63, 3.8) is 0 Å². The van der Waals surface area contributed by atoms with Crippen molar-refractivity contribution in [3.05, 3.63) is 58.5 Å². The third-order valence-electron chi connectivity index (χ3n) is 3.50. The Morgan fingerprint density at radius 3 is 2.48 bits per heavy atom. The molecule has 8 nitrogen and oxygen atoms in total. The minimum atomic E-state index is -2.36. The second-order valence-corrected chi connectivity index (χ2v) is 6.14. The maximum Gasteiger partial charge on any atom is 0.266 e. The van der Waals surface area contributed by atoms with E-state index < -0.39 is 11.1 Å². The SMILES string of the molecule is Cn1nc(-c2nc(CS(=O)[O-])c(N)nc2-c2ccccc2)ccc1=O. The molecule has 25 heavy (non-hydrogen) atoms. The Labute approximate surface area is 145 Å². The molecule has 128 valence electrons. The molecule has 0 aliphatic heterocycles. The highest BCUT2D eigenvalue weighted by molar-refractivity contribution is 7.78. The molecule has 0 spiro atoms. The minimum absolute atomic E-state index is 0.0385. The summed E-state index contributed by atoms with van der Waals surface area (Å²) in [4.78, 5) is 20.3. The first kappa shape index (κ1) is 16.9. The van der Waals surface area contributed by atoms with Gasteiger partial charge in [-0.1, -0.05) is 30.3 Å². The lowest BCUT2D eigenvalue weighted by Crippen LogP contribution is -2.19. The van der Waals surface area contributed by atoms with Crippen LogP contribution in [0.2, 0.25) is 0 Å². The first-order chi connectivity index (χ1) is 12.0. The Morgan fingerprint density at radius 2 is 1.84 bits per heavy atom. The smallest absolute Gasteiger partial charge is 0.266 e. The summed E-state index contributed by atoms with van der Waals surface area (Å²) in [7, 11) is 1.52. The number of aromatic nitrogens is 4. The van der Waals surface area contributed by atoms with Crippen LogP contribution in [0.4, 0.5) is 5.82 Å². The van der Waals surface area contributed by atoms with Crippen LogP contribution in [-0.2, 0) is 23.9 Å². The van der Waals surface area contributed by atoms with Crippen LogP contribution in [0.5, 0.6) is 0 Å². The highest BCUT2D eigenvalue weighted by atomic mass is 32.2. The summed E-state index contributed by atoms with van der Waals surface area (Å²) in [5.41, 5.74) is 7.72. The molecule has 0 bridgehead atoms. The summed E-state index contributed by atoms with van der Waals surface area (Å²) in [5.74, 6) is -0.316. The molecule has 0 saturated heterocycles. The Hall–Kier alpha value is -2.91. The van der Waals surface area contributed by atoms with Crippen molar-refractivity contribution in [1.29, 1.82) is 0 Å². The fourth-order valence-electron chi connectivity index (χ4n) is 2.31. The minimum Gasteiger partial charge on any atom is -0.772 e. The molecule has 1 atom stereocenters. The second kappa shape index (κ2) is 6.91. The van der Waals surface area contributed by atoms with E-state index in [1.54, 1.807) is 0 Å². The van der Waals surface area contributed by atoms with E-state index in [0.29, 0.717) is 17.1 Å². The van der Waals surface area contributed by atoms with Gasteiger partial charge in [0, 0.05) is 18.7 Å². The molecular formula is C16H14N5O3S-. The molecule has 3 rings (SSSR count). The monoisotopic (exact) mass is 356 g/mol. The van der Waals surface area contributed by atoms with Gasteiger partial charge in [0.05, 0.1) is 11.4 Å². The number of aryl methyl sites for hydroxylation is 1. The van der Waals surface area contributed by atoms with Crippen LogP contribution >= 0.6 is 0 Å². The van der Waals surface area contributed by atoms with Crippen molar-refractivity contribution in [3.8, 4) is 22.6 Å². The normalized spacial score (nSPS) is 12.1. The first-order valence-corrected chi connectivity index (χ1v) is 8.52. The Kier molecular flexibility index (Phi) is 4.68. The van der Waals surface area contributed by atoms with Crippen LogP contribution in [0.15, 0.2) is 47.3 Å². The quantitative estimate of drug-likeness (QED) is 0.687. The molecule has 0 amide bonds. The maximum atomic E-state index is 11.6. The molecule has 9 heteroatoms. The van der Waals surface area contributed by atoms with E-state index in [-0.39, 0.29) is 22.8 Å². The first-order valence-electron chi connectivity index (χ1n) is 7.28. The Bertz CT molecular complexity index is 1000. The summed E-state index contributed by atoms with van der Waals surface area (Å²) in [6, 6.07) is 12.1. The van der Waals surface area contributed by atoms with Gasteiger partial charge in [-0.25, -0.2) is 14.6 Å². The van der Waals surface area contributed by atoms with Crippen LogP contribution in [0.25, 0.3) is 22.6 Å². The Morgan fingerprint density at radius 1 is 1.12 bits per heavy atom. The number of rotatable bonds is 4. The average molecular weight is 356 g/mol. The van der Waals surface area contributed by atoms with Gasteiger partial charge in [-0.3, -0.25) is 9.00 Å². The van der Waals surface area contributed by atoms with Gasteiger partial charge in [0.15, 0.2) is 0 Å². The number of hydrogen-bond acceptors (Lipinski definition) is 7. The summed E-state index contributed by atoms with van der Waals surface area (Å²) >= 11 is -2.36. The number of nitrogens with two attached hydrogens (primary N) is 1. The third kappa shape index (κ3) is 3.62. The number of hydrogen-bond donors (Lipinski definition) is 1. The summed E-state index contributed by atoms with van der Waals surface area (Å²) in [6.07, 6.45) is 0. The van der Waals surface area contributed by atoms with Crippen LogP contribution < -0.4 is 11.3 Å². The lowest BCUT2D eigenvalue weighted by Gasteiger charge is -2.13. The fraction of sp³-hybridized carbons (Fsp3) is 0.125. The fourth-order valence-corrected chi connectivity index (χ4v) is 2.74. The van der Waals surface area contributed by atoms with Crippen molar-refractivity contribution >= 4 is 16.9 Å². The highest BCUT2D eigenvalue weighted by Gasteiger charge is 2.17. The van der Waals surface area contributed by atoms with Gasteiger partial charge in [0.25, 0.3) is 5.56 Å².